The number of nitrogens with one attached hydrogen (secondary N) is 2. The number of benzene rings is 1. The number of fused-ring (bicyclic) bond motifs is 8. The molecule has 4 aromatic rings. The third-order valence-electron chi connectivity index (χ3n) is 15.7. The zero-order valence-electron chi connectivity index (χ0n) is 45.1. The minimum Gasteiger partial charge on any atom is -0.355 e. The Kier molecular flexibility index (Phi) is 24.9. The van der Waals surface area contributed by atoms with Crippen molar-refractivity contribution < 1.29 is 0 Å². The van der Waals surface area contributed by atoms with Crippen molar-refractivity contribution >= 4 is 69.0 Å². The molecule has 0 aliphatic carbocycles. The van der Waals surface area contributed by atoms with Crippen LogP contribution in [0.4, 0.5) is 0 Å². The van der Waals surface area contributed by atoms with E-state index in [-0.39, 0.29) is 0 Å². The van der Waals surface area contributed by atoms with Crippen LogP contribution in [-0.2, 0) is 0 Å². The molecule has 0 saturated carbocycles. The van der Waals surface area contributed by atoms with E-state index < -0.39 is 0 Å². The molecule has 2 aliphatic rings. The molecule has 0 amide bonds. The fraction of sp³-hybridized carbons (Fsp3) is 0.600. The van der Waals surface area contributed by atoms with Gasteiger partial charge in [0.2, 0.25) is 0 Å². The third-order valence-corrected chi connectivity index (χ3v) is 16.4. The second-order valence-electron chi connectivity index (χ2n) is 21.3. The molecule has 8 bridgehead atoms. The molecule has 70 heavy (non-hydrogen) atoms. The fourth-order valence-corrected chi connectivity index (χ4v) is 12.0. The maximum Gasteiger partial charge on any atom is 0.0694 e. The van der Waals surface area contributed by atoms with Crippen molar-refractivity contribution in [3.63, 3.8) is 0 Å². The van der Waals surface area contributed by atoms with E-state index in [4.69, 9.17) is 9.97 Å². The fourth-order valence-electron chi connectivity index (χ4n) is 11.7. The number of hydrogen-bond acceptors (Lipinski definition) is 2. The topological polar surface area (TPSA) is 57.4 Å². The van der Waals surface area contributed by atoms with Gasteiger partial charge >= 0.3 is 0 Å². The van der Waals surface area contributed by atoms with Gasteiger partial charge in [-0.05, 0) is 145 Å². The highest BCUT2D eigenvalue weighted by Gasteiger charge is 2.26. The third kappa shape index (κ3) is 16.3. The monoisotopic (exact) mass is 1060 g/mol. The van der Waals surface area contributed by atoms with Gasteiger partial charge in [0.1, 0.15) is 0 Å². The Morgan fingerprint density at radius 2 is 0.629 bits per heavy atom. The van der Waals surface area contributed by atoms with Crippen molar-refractivity contribution in [3.05, 3.63) is 91.6 Å². The van der Waals surface area contributed by atoms with E-state index in [9.17, 15) is 0 Å². The second-order valence-corrected chi connectivity index (χ2v) is 22.6. The van der Waals surface area contributed by atoms with Crippen LogP contribution < -0.4 is 0 Å². The Morgan fingerprint density at radius 1 is 0.343 bits per heavy atom. The van der Waals surface area contributed by atoms with Crippen LogP contribution in [0.1, 0.15) is 291 Å². The first-order valence-corrected chi connectivity index (χ1v) is 30.4. The Balaban J connectivity index is 1.72. The van der Waals surface area contributed by atoms with E-state index in [1.165, 1.54) is 235 Å². The molecule has 4 nitrogen and oxygen atoms in total. The number of unbranched alkanes of at least 4 members (excludes halogenated alkanes) is 18. The van der Waals surface area contributed by atoms with Crippen LogP contribution in [0.15, 0.2) is 48.5 Å². The lowest BCUT2D eigenvalue weighted by atomic mass is 9.86. The molecular weight excluding hydrogens is 965 g/mol. The van der Waals surface area contributed by atoms with Gasteiger partial charge in [0, 0.05) is 47.9 Å². The maximum absolute atomic E-state index is 5.90. The highest BCUT2D eigenvalue weighted by molar-refractivity contribution is 14.1. The van der Waals surface area contributed by atoms with Gasteiger partial charge in [0.25, 0.3) is 0 Å². The van der Waals surface area contributed by atoms with Gasteiger partial charge in [0.05, 0.1) is 22.8 Å². The van der Waals surface area contributed by atoms with E-state index in [0.717, 1.165) is 33.8 Å². The predicted molar refractivity (Wildman–Crippen MR) is 318 cm³/mol. The van der Waals surface area contributed by atoms with Crippen LogP contribution in [0.2, 0.25) is 0 Å². The van der Waals surface area contributed by atoms with E-state index in [1.54, 1.807) is 0 Å². The number of halogens is 1. The quantitative estimate of drug-likeness (QED) is 0.0313. The molecule has 0 atom stereocenters. The Bertz CT molecular complexity index is 2200. The molecule has 2 N–H and O–H groups in total. The number of hydrogen-bond donors (Lipinski definition) is 2. The molecule has 0 radical (unpaired) electrons. The van der Waals surface area contributed by atoms with Crippen molar-refractivity contribution in [2.24, 2.45) is 0 Å². The number of rotatable bonds is 34. The Hall–Kier alpha value is -3.45. The van der Waals surface area contributed by atoms with Crippen LogP contribution >= 0.6 is 22.6 Å². The molecule has 2 aliphatic heterocycles. The average molecular weight is 1060 g/mol. The lowest BCUT2D eigenvalue weighted by molar-refractivity contribution is 0.493. The first kappa shape index (κ1) is 55.9. The molecule has 1 aromatic carbocycles. The first-order valence-electron chi connectivity index (χ1n) is 29.4. The van der Waals surface area contributed by atoms with Crippen LogP contribution in [0, 0.1) is 3.57 Å². The number of nitrogens with zero attached hydrogens (tertiary/aromatic N) is 2. The van der Waals surface area contributed by atoms with Crippen LogP contribution in [0.3, 0.4) is 0 Å². The summed E-state index contributed by atoms with van der Waals surface area (Å²) in [7, 11) is 0. The van der Waals surface area contributed by atoms with Crippen molar-refractivity contribution in [1.82, 2.24) is 19.9 Å². The summed E-state index contributed by atoms with van der Waals surface area (Å²) in [5.74, 6) is 1.27. The van der Waals surface area contributed by atoms with Gasteiger partial charge in [-0.3, -0.25) is 0 Å². The standard InChI is InChI=1S/C65H95IN4/c1-7-13-19-25-31-49(32-26-20-14-8-2)62-54-41-43-56(67-54)63(50(33-27-21-15-9-3)34-28-22-16-10-4)58-45-47-60(69-58)65(52-37-39-53(66)40-38-52)61-48-46-59(70-61)64(57-44-42-55(62)68-57)51(35-29-23-17-11-5)36-30-24-18-12-6/h37-51,69-70H,7-36H2,1-6H3/i65+1. The molecule has 5 heterocycles. The molecule has 3 aromatic heterocycles. The van der Waals surface area contributed by atoms with E-state index in [0.29, 0.717) is 17.8 Å². The summed E-state index contributed by atoms with van der Waals surface area (Å²) in [4.78, 5) is 20.1. The van der Waals surface area contributed by atoms with Crippen molar-refractivity contribution in [2.45, 2.75) is 252 Å². The van der Waals surface area contributed by atoms with Crippen molar-refractivity contribution in [3.8, 4) is 11.1 Å². The summed E-state index contributed by atoms with van der Waals surface area (Å²) in [5.41, 5.74) is 16.1. The molecule has 6 rings (SSSR count). The molecule has 382 valence electrons. The largest absolute Gasteiger partial charge is 0.355 e. The zero-order valence-corrected chi connectivity index (χ0v) is 47.3. The summed E-state index contributed by atoms with van der Waals surface area (Å²) in [6.45, 7) is 14.0. The van der Waals surface area contributed by atoms with Crippen molar-refractivity contribution in [1.29, 1.82) is 0 Å². The summed E-state index contributed by atoms with van der Waals surface area (Å²) >= 11 is 2.45. The highest BCUT2D eigenvalue weighted by atomic mass is 127. The minimum atomic E-state index is 0.419. The van der Waals surface area contributed by atoms with Crippen LogP contribution in [0.25, 0.3) is 57.5 Å². The molecule has 0 saturated heterocycles. The second kappa shape index (κ2) is 31.2. The predicted octanol–water partition coefficient (Wildman–Crippen LogP) is 22.0. The number of H-pyrrole nitrogens is 2. The summed E-state index contributed by atoms with van der Waals surface area (Å²) in [6.07, 6.45) is 47.5. The summed E-state index contributed by atoms with van der Waals surface area (Å²) in [6, 6.07) is 18.7. The van der Waals surface area contributed by atoms with E-state index in [1.807, 2.05) is 0 Å². The van der Waals surface area contributed by atoms with Crippen LogP contribution in [0.5, 0.6) is 0 Å². The number of aromatic amines is 2. The Labute approximate surface area is 440 Å². The van der Waals surface area contributed by atoms with Crippen LogP contribution in [-0.4, -0.2) is 19.9 Å². The normalized spacial score (nSPS) is 12.5. The highest BCUT2D eigenvalue weighted by Crippen LogP contribution is 2.42. The van der Waals surface area contributed by atoms with Gasteiger partial charge < -0.3 is 9.97 Å². The minimum absolute atomic E-state index is 0.419. The van der Waals surface area contributed by atoms with Crippen molar-refractivity contribution in [2.75, 3.05) is 0 Å². The summed E-state index contributed by atoms with van der Waals surface area (Å²) in [5, 5.41) is 0. The average Bonchev–Trinajstić information content (AvgIpc) is 4.23. The lowest BCUT2D eigenvalue weighted by Crippen LogP contribution is -2.06. The van der Waals surface area contributed by atoms with E-state index >= 15 is 0 Å². The molecule has 0 fully saturated rings. The molecular formula is C65H95IN4. The van der Waals surface area contributed by atoms with Gasteiger partial charge in [0.15, 0.2) is 0 Å². The van der Waals surface area contributed by atoms with Gasteiger partial charge in [-0.25, -0.2) is 9.97 Å². The zero-order chi connectivity index (χ0) is 49.3. The SMILES string of the molecule is CCCCCCC(CCCCCC)c1c2nc(c(C(CCCCCC)CCCCCC)c3ccc([nH]3)[13c](-c3ccc(I)cc3)c3ccc([nH]3)c(C(CCCCCC)CCCCCC)c3nc1C=C3)C=C2. The Morgan fingerprint density at radius 3 is 0.943 bits per heavy atom. The lowest BCUT2D eigenvalue weighted by Gasteiger charge is -2.20. The van der Waals surface area contributed by atoms with E-state index in [2.05, 4.69) is 147 Å². The molecule has 0 spiro atoms. The first-order chi connectivity index (χ1) is 34.4. The maximum atomic E-state index is 5.90. The smallest absolute Gasteiger partial charge is 0.0694 e. The molecule has 0 unspecified atom stereocenters. The summed E-state index contributed by atoms with van der Waals surface area (Å²) < 4.78 is 1.25. The molecule has 5 heteroatoms. The number of aromatic nitrogens is 4. The van der Waals surface area contributed by atoms with Gasteiger partial charge in [-0.1, -0.05) is 208 Å². The van der Waals surface area contributed by atoms with Gasteiger partial charge in [-0.2, -0.15) is 0 Å². The van der Waals surface area contributed by atoms with Gasteiger partial charge in [-0.15, -0.1) is 0 Å².